The van der Waals surface area contributed by atoms with Gasteiger partial charge in [0.2, 0.25) is 5.91 Å². The number of carbonyl (C=O) groups excluding carboxylic acids is 1. The van der Waals surface area contributed by atoms with Gasteiger partial charge in [-0.25, -0.2) is 28.1 Å². The third-order valence-electron chi connectivity index (χ3n) is 3.37. The van der Waals surface area contributed by atoms with Crippen LogP contribution in [-0.4, -0.2) is 19.6 Å². The summed E-state index contributed by atoms with van der Waals surface area (Å²) in [5, 5.41) is 2.59. The molecule has 1 heterocycles. The second kappa shape index (κ2) is 7.91. The van der Waals surface area contributed by atoms with Crippen molar-refractivity contribution in [2.24, 2.45) is 0 Å². The Morgan fingerprint density at radius 2 is 1.36 bits per heavy atom. The average Bonchev–Trinajstić information content (AvgIpc) is 2.60. The molecular weight excluding hydrogens is 324 g/mol. The Morgan fingerprint density at radius 3 is 1.84 bits per heavy atom. The zero-order valence-corrected chi connectivity index (χ0v) is 13.6. The summed E-state index contributed by atoms with van der Waals surface area (Å²) in [4.78, 5) is 49.2. The molecule has 8 nitrogen and oxygen atoms in total. The minimum Gasteiger partial charge on any atom is -0.325 e. The SMILES string of the molecule is C=CCn1c(=O)n(CC=C)c(=O)n(CC(=O)Nc2ccccc2)c1=O. The summed E-state index contributed by atoms with van der Waals surface area (Å²) in [5.41, 5.74) is -1.96. The van der Waals surface area contributed by atoms with Gasteiger partial charge in [-0.1, -0.05) is 30.4 Å². The van der Waals surface area contributed by atoms with Crippen LogP contribution in [0.2, 0.25) is 0 Å². The van der Waals surface area contributed by atoms with Gasteiger partial charge in [0, 0.05) is 5.69 Å². The van der Waals surface area contributed by atoms with Gasteiger partial charge in [0.15, 0.2) is 0 Å². The van der Waals surface area contributed by atoms with Crippen molar-refractivity contribution in [3.63, 3.8) is 0 Å². The third kappa shape index (κ3) is 3.92. The molecule has 0 bridgehead atoms. The lowest BCUT2D eigenvalue weighted by Crippen LogP contribution is -2.55. The topological polar surface area (TPSA) is 95.1 Å². The number of rotatable bonds is 7. The number of hydrogen-bond acceptors (Lipinski definition) is 4. The molecule has 1 N–H and O–H groups in total. The third-order valence-corrected chi connectivity index (χ3v) is 3.37. The Hall–Kier alpha value is -3.42. The van der Waals surface area contributed by atoms with Crippen LogP contribution in [0.15, 0.2) is 70.0 Å². The predicted molar refractivity (Wildman–Crippen MR) is 94.7 cm³/mol. The van der Waals surface area contributed by atoms with E-state index < -0.39 is 29.5 Å². The lowest BCUT2D eigenvalue weighted by molar-refractivity contribution is -0.116. The maximum atomic E-state index is 12.4. The Kier molecular flexibility index (Phi) is 5.67. The highest BCUT2D eigenvalue weighted by Gasteiger charge is 2.16. The van der Waals surface area contributed by atoms with Crippen molar-refractivity contribution < 1.29 is 4.79 Å². The van der Waals surface area contributed by atoms with Gasteiger partial charge in [-0.15, -0.1) is 13.2 Å². The van der Waals surface area contributed by atoms with Crippen LogP contribution in [-0.2, 0) is 24.4 Å². The molecule has 2 aromatic rings. The van der Waals surface area contributed by atoms with E-state index in [9.17, 15) is 19.2 Å². The van der Waals surface area contributed by atoms with Gasteiger partial charge >= 0.3 is 17.1 Å². The van der Waals surface area contributed by atoms with Gasteiger partial charge in [0.05, 0.1) is 13.1 Å². The predicted octanol–water partition coefficient (Wildman–Crippen LogP) is 0.182. The van der Waals surface area contributed by atoms with Crippen LogP contribution in [0.4, 0.5) is 5.69 Å². The molecule has 0 spiro atoms. The molecule has 0 atom stereocenters. The molecule has 1 amide bonds. The van der Waals surface area contributed by atoms with Gasteiger partial charge in [-0.05, 0) is 12.1 Å². The zero-order chi connectivity index (χ0) is 18.4. The maximum absolute atomic E-state index is 12.4. The van der Waals surface area contributed by atoms with Gasteiger partial charge in [0.25, 0.3) is 0 Å². The van der Waals surface area contributed by atoms with Crippen LogP contribution < -0.4 is 22.4 Å². The Labute approximate surface area is 143 Å². The quantitative estimate of drug-likeness (QED) is 0.726. The van der Waals surface area contributed by atoms with Crippen molar-refractivity contribution in [2.45, 2.75) is 19.6 Å². The van der Waals surface area contributed by atoms with E-state index in [1.165, 1.54) is 12.2 Å². The number of carbonyl (C=O) groups is 1. The van der Waals surface area contributed by atoms with Crippen LogP contribution in [0.25, 0.3) is 0 Å². The van der Waals surface area contributed by atoms with Crippen molar-refractivity contribution in [1.82, 2.24) is 13.7 Å². The first-order valence-electron chi connectivity index (χ1n) is 7.50. The molecule has 1 aromatic heterocycles. The number of nitrogens with one attached hydrogen (secondary N) is 1. The highest BCUT2D eigenvalue weighted by molar-refractivity contribution is 5.90. The van der Waals surface area contributed by atoms with Crippen LogP contribution in [0.5, 0.6) is 0 Å². The number of para-hydroxylation sites is 1. The van der Waals surface area contributed by atoms with E-state index >= 15 is 0 Å². The second-order valence-electron chi connectivity index (χ2n) is 5.15. The number of anilines is 1. The molecule has 0 unspecified atom stereocenters. The van der Waals surface area contributed by atoms with E-state index in [2.05, 4.69) is 18.5 Å². The molecule has 0 aliphatic heterocycles. The van der Waals surface area contributed by atoms with Gasteiger partial charge in [-0.3, -0.25) is 4.79 Å². The summed E-state index contributed by atoms with van der Waals surface area (Å²) in [6, 6.07) is 8.62. The summed E-state index contributed by atoms with van der Waals surface area (Å²) in [5.74, 6) is -0.556. The first-order valence-corrected chi connectivity index (χ1v) is 7.50. The lowest BCUT2D eigenvalue weighted by atomic mass is 10.3. The fraction of sp³-hybridized carbons (Fsp3) is 0.176. The lowest BCUT2D eigenvalue weighted by Gasteiger charge is -2.12. The van der Waals surface area contributed by atoms with Gasteiger partial charge in [-0.2, -0.15) is 0 Å². The van der Waals surface area contributed by atoms with Crippen molar-refractivity contribution in [3.8, 4) is 0 Å². The summed E-state index contributed by atoms with van der Waals surface area (Å²) >= 11 is 0. The van der Waals surface area contributed by atoms with Crippen LogP contribution >= 0.6 is 0 Å². The fourth-order valence-electron chi connectivity index (χ4n) is 2.25. The van der Waals surface area contributed by atoms with E-state index in [4.69, 9.17) is 0 Å². The van der Waals surface area contributed by atoms with E-state index in [1.807, 2.05) is 0 Å². The van der Waals surface area contributed by atoms with Crippen molar-refractivity contribution >= 4 is 11.6 Å². The van der Waals surface area contributed by atoms with Crippen LogP contribution in [0.3, 0.4) is 0 Å². The summed E-state index contributed by atoms with van der Waals surface area (Å²) < 4.78 is 2.40. The van der Waals surface area contributed by atoms with Crippen molar-refractivity contribution in [3.05, 3.63) is 87.1 Å². The molecule has 8 heteroatoms. The molecular formula is C17H18N4O4. The number of aromatic nitrogens is 3. The highest BCUT2D eigenvalue weighted by Crippen LogP contribution is 2.04. The van der Waals surface area contributed by atoms with E-state index in [-0.39, 0.29) is 13.1 Å². The van der Waals surface area contributed by atoms with Gasteiger partial charge in [0.1, 0.15) is 6.54 Å². The summed E-state index contributed by atoms with van der Waals surface area (Å²) in [7, 11) is 0. The molecule has 0 fully saturated rings. The number of hydrogen-bond donors (Lipinski definition) is 1. The molecule has 0 saturated carbocycles. The monoisotopic (exact) mass is 342 g/mol. The molecule has 0 aliphatic carbocycles. The highest BCUT2D eigenvalue weighted by atomic mass is 16.2. The van der Waals surface area contributed by atoms with Crippen LogP contribution in [0, 0.1) is 0 Å². The van der Waals surface area contributed by atoms with Crippen molar-refractivity contribution in [2.75, 3.05) is 5.32 Å². The molecule has 0 aliphatic rings. The van der Waals surface area contributed by atoms with E-state index in [0.29, 0.717) is 10.3 Å². The minimum absolute atomic E-state index is 0.0740. The number of allylic oxidation sites excluding steroid dienone is 2. The Morgan fingerprint density at radius 1 is 0.880 bits per heavy atom. The van der Waals surface area contributed by atoms with Gasteiger partial charge < -0.3 is 5.32 Å². The maximum Gasteiger partial charge on any atom is 0.337 e. The standard InChI is InChI=1S/C17H18N4O4/c1-3-10-19-15(23)20(11-4-2)17(25)21(16(19)24)12-14(22)18-13-8-6-5-7-9-13/h3-9H,1-2,10-12H2,(H,18,22). The summed E-state index contributed by atoms with van der Waals surface area (Å²) in [6.45, 7) is 6.32. The molecule has 25 heavy (non-hydrogen) atoms. The minimum atomic E-state index is -0.863. The number of amides is 1. The normalized spacial score (nSPS) is 10.2. The smallest absolute Gasteiger partial charge is 0.325 e. The summed E-state index contributed by atoms with van der Waals surface area (Å²) in [6.07, 6.45) is 2.72. The number of nitrogens with zero attached hydrogens (tertiary/aromatic N) is 3. The Bertz CT molecular complexity index is 919. The second-order valence-corrected chi connectivity index (χ2v) is 5.15. The first-order chi connectivity index (χ1) is 12.0. The van der Waals surface area contributed by atoms with Crippen molar-refractivity contribution in [1.29, 1.82) is 0 Å². The molecule has 130 valence electrons. The Balaban J connectivity index is 2.46. The molecule has 0 saturated heterocycles. The molecule has 0 radical (unpaired) electrons. The largest absolute Gasteiger partial charge is 0.337 e. The first kappa shape index (κ1) is 17.9. The molecule has 2 rings (SSSR count). The van der Waals surface area contributed by atoms with Crippen LogP contribution in [0.1, 0.15) is 0 Å². The molecule has 1 aromatic carbocycles. The zero-order valence-electron chi connectivity index (χ0n) is 13.6. The van der Waals surface area contributed by atoms with E-state index in [0.717, 1.165) is 9.13 Å². The fourth-order valence-corrected chi connectivity index (χ4v) is 2.25. The average molecular weight is 342 g/mol. The van der Waals surface area contributed by atoms with E-state index in [1.54, 1.807) is 30.3 Å². The number of benzene rings is 1.